The maximum absolute atomic E-state index is 5.21. The van der Waals surface area contributed by atoms with E-state index in [9.17, 15) is 0 Å². The molecule has 0 aliphatic carbocycles. The van der Waals surface area contributed by atoms with Crippen molar-refractivity contribution in [3.63, 3.8) is 0 Å². The van der Waals surface area contributed by atoms with E-state index in [-0.39, 0.29) is 24.8 Å². The van der Waals surface area contributed by atoms with Crippen molar-refractivity contribution in [1.29, 1.82) is 0 Å². The Balaban J connectivity index is 0. The highest BCUT2D eigenvalue weighted by Crippen LogP contribution is 2.11. The molecule has 0 aliphatic rings. The second kappa shape index (κ2) is 13.5. The van der Waals surface area contributed by atoms with E-state index >= 15 is 0 Å². The van der Waals surface area contributed by atoms with Gasteiger partial charge in [0, 0.05) is 6.54 Å². The van der Waals surface area contributed by atoms with E-state index in [2.05, 4.69) is 36.2 Å². The highest BCUT2D eigenvalue weighted by Gasteiger charge is 1.98. The van der Waals surface area contributed by atoms with Crippen molar-refractivity contribution in [2.24, 2.45) is 0 Å². The molecule has 1 N–H and O–H groups in total. The quantitative estimate of drug-likeness (QED) is 0.705. The van der Waals surface area contributed by atoms with E-state index in [1.165, 1.54) is 18.5 Å². The number of nitrogens with zero attached hydrogens (tertiary/aromatic N) is 1. The third-order valence-electron chi connectivity index (χ3n) is 3.19. The Morgan fingerprint density at radius 3 is 2.45 bits per heavy atom. The maximum atomic E-state index is 5.21. The molecule has 0 aromatic heterocycles. The third-order valence-corrected chi connectivity index (χ3v) is 3.19. The van der Waals surface area contributed by atoms with Gasteiger partial charge in [-0.3, -0.25) is 0 Å². The SMILES string of the molecule is CCN(CC)CCCNCc1cccc(OC)c1.Cl.Cl. The van der Waals surface area contributed by atoms with Crippen LogP contribution in [0.4, 0.5) is 0 Å². The molecule has 0 heterocycles. The van der Waals surface area contributed by atoms with Crippen molar-refractivity contribution in [3.8, 4) is 5.75 Å². The van der Waals surface area contributed by atoms with Crippen LogP contribution < -0.4 is 10.1 Å². The largest absolute Gasteiger partial charge is 0.497 e. The molecular formula is C15H28Cl2N2O. The standard InChI is InChI=1S/C15H26N2O.2ClH/c1-4-17(5-2)11-7-10-16-13-14-8-6-9-15(12-14)18-3;;/h6,8-9,12,16H,4-5,7,10-11,13H2,1-3H3;2*1H. The fraction of sp³-hybridized carbons (Fsp3) is 0.600. The van der Waals surface area contributed by atoms with E-state index in [0.717, 1.165) is 31.9 Å². The summed E-state index contributed by atoms with van der Waals surface area (Å²) in [5.41, 5.74) is 1.28. The molecule has 0 atom stereocenters. The Labute approximate surface area is 135 Å². The van der Waals surface area contributed by atoms with Crippen LogP contribution >= 0.6 is 24.8 Å². The second-order valence-electron chi connectivity index (χ2n) is 4.41. The summed E-state index contributed by atoms with van der Waals surface area (Å²) in [5, 5.41) is 3.47. The lowest BCUT2D eigenvalue weighted by Crippen LogP contribution is -2.27. The van der Waals surface area contributed by atoms with Crippen LogP contribution in [0, 0.1) is 0 Å². The highest BCUT2D eigenvalue weighted by atomic mass is 35.5. The van der Waals surface area contributed by atoms with E-state index < -0.39 is 0 Å². The van der Waals surface area contributed by atoms with Crippen LogP contribution in [0.25, 0.3) is 0 Å². The number of nitrogens with one attached hydrogen (secondary N) is 1. The zero-order valence-electron chi connectivity index (χ0n) is 12.7. The summed E-state index contributed by atoms with van der Waals surface area (Å²) in [6.07, 6.45) is 1.20. The molecule has 0 saturated carbocycles. The zero-order chi connectivity index (χ0) is 13.2. The van der Waals surface area contributed by atoms with Crippen LogP contribution in [0.3, 0.4) is 0 Å². The molecule has 1 aromatic carbocycles. The molecule has 3 nitrogen and oxygen atoms in total. The number of methoxy groups -OCH3 is 1. The first-order chi connectivity index (χ1) is 8.80. The number of rotatable bonds is 9. The molecule has 20 heavy (non-hydrogen) atoms. The minimum atomic E-state index is 0. The fourth-order valence-corrected chi connectivity index (χ4v) is 1.98. The van der Waals surface area contributed by atoms with Crippen molar-refractivity contribution in [2.45, 2.75) is 26.8 Å². The first kappa shape index (κ1) is 21.8. The summed E-state index contributed by atoms with van der Waals surface area (Å²) in [6.45, 7) is 9.88. The van der Waals surface area contributed by atoms with Gasteiger partial charge in [0.25, 0.3) is 0 Å². The van der Waals surface area contributed by atoms with Crippen LogP contribution in [-0.2, 0) is 6.54 Å². The molecule has 0 bridgehead atoms. The molecule has 0 amide bonds. The number of hydrogen-bond acceptors (Lipinski definition) is 3. The van der Waals surface area contributed by atoms with Crippen LogP contribution in [0.5, 0.6) is 5.75 Å². The second-order valence-corrected chi connectivity index (χ2v) is 4.41. The maximum Gasteiger partial charge on any atom is 0.119 e. The van der Waals surface area contributed by atoms with Crippen molar-refractivity contribution < 1.29 is 4.74 Å². The lowest BCUT2D eigenvalue weighted by Gasteiger charge is -2.17. The molecule has 5 heteroatoms. The van der Waals surface area contributed by atoms with E-state index in [1.54, 1.807) is 7.11 Å². The van der Waals surface area contributed by atoms with Gasteiger partial charge in [0.1, 0.15) is 5.75 Å². The molecule has 0 saturated heterocycles. The summed E-state index contributed by atoms with van der Waals surface area (Å²) in [4.78, 5) is 2.45. The molecular weight excluding hydrogens is 295 g/mol. The van der Waals surface area contributed by atoms with Crippen molar-refractivity contribution >= 4 is 24.8 Å². The number of halogens is 2. The van der Waals surface area contributed by atoms with Crippen LogP contribution in [-0.4, -0.2) is 38.2 Å². The molecule has 0 unspecified atom stereocenters. The van der Waals surface area contributed by atoms with Gasteiger partial charge >= 0.3 is 0 Å². The van der Waals surface area contributed by atoms with E-state index in [1.807, 2.05) is 12.1 Å². The fourth-order valence-electron chi connectivity index (χ4n) is 1.98. The lowest BCUT2D eigenvalue weighted by atomic mass is 10.2. The molecule has 0 fully saturated rings. The van der Waals surface area contributed by atoms with E-state index in [0.29, 0.717) is 0 Å². The average Bonchev–Trinajstić information content (AvgIpc) is 2.43. The molecule has 1 aromatic rings. The average molecular weight is 323 g/mol. The van der Waals surface area contributed by atoms with Gasteiger partial charge in [-0.2, -0.15) is 0 Å². The Bertz CT molecular complexity index is 333. The normalized spacial score (nSPS) is 9.80. The predicted molar refractivity (Wildman–Crippen MR) is 91.6 cm³/mol. The van der Waals surface area contributed by atoms with Crippen LogP contribution in [0.15, 0.2) is 24.3 Å². The lowest BCUT2D eigenvalue weighted by molar-refractivity contribution is 0.298. The van der Waals surface area contributed by atoms with Gasteiger partial charge in [0.05, 0.1) is 7.11 Å². The Morgan fingerprint density at radius 1 is 1.15 bits per heavy atom. The smallest absolute Gasteiger partial charge is 0.119 e. The Morgan fingerprint density at radius 2 is 1.85 bits per heavy atom. The summed E-state index contributed by atoms with van der Waals surface area (Å²) in [6, 6.07) is 8.22. The van der Waals surface area contributed by atoms with Gasteiger partial charge in [-0.05, 0) is 50.3 Å². The van der Waals surface area contributed by atoms with Gasteiger partial charge in [-0.1, -0.05) is 26.0 Å². The minimum absolute atomic E-state index is 0. The summed E-state index contributed by atoms with van der Waals surface area (Å²) in [7, 11) is 1.70. The summed E-state index contributed by atoms with van der Waals surface area (Å²) >= 11 is 0. The topological polar surface area (TPSA) is 24.5 Å². The highest BCUT2D eigenvalue weighted by molar-refractivity contribution is 5.85. The van der Waals surface area contributed by atoms with Crippen molar-refractivity contribution in [2.75, 3.05) is 33.3 Å². The van der Waals surface area contributed by atoms with Crippen LogP contribution in [0.1, 0.15) is 25.8 Å². The predicted octanol–water partition coefficient (Wildman–Crippen LogP) is 3.36. The third kappa shape index (κ3) is 8.64. The zero-order valence-corrected chi connectivity index (χ0v) is 14.4. The molecule has 0 aliphatic heterocycles. The van der Waals surface area contributed by atoms with E-state index in [4.69, 9.17) is 4.74 Å². The summed E-state index contributed by atoms with van der Waals surface area (Å²) < 4.78 is 5.21. The number of benzene rings is 1. The number of hydrogen-bond donors (Lipinski definition) is 1. The first-order valence-electron chi connectivity index (χ1n) is 6.86. The van der Waals surface area contributed by atoms with Crippen molar-refractivity contribution in [3.05, 3.63) is 29.8 Å². The first-order valence-corrected chi connectivity index (χ1v) is 6.86. The van der Waals surface area contributed by atoms with Gasteiger partial charge in [-0.15, -0.1) is 24.8 Å². The number of ether oxygens (including phenoxy) is 1. The van der Waals surface area contributed by atoms with Crippen LogP contribution in [0.2, 0.25) is 0 Å². The Hall–Kier alpha value is -0.480. The monoisotopic (exact) mass is 322 g/mol. The molecule has 1 rings (SSSR count). The van der Waals surface area contributed by atoms with Gasteiger partial charge in [-0.25, -0.2) is 0 Å². The molecule has 0 spiro atoms. The molecule has 118 valence electrons. The minimum Gasteiger partial charge on any atom is -0.497 e. The van der Waals surface area contributed by atoms with Crippen molar-refractivity contribution in [1.82, 2.24) is 10.2 Å². The van der Waals surface area contributed by atoms with Gasteiger partial charge in [0.2, 0.25) is 0 Å². The summed E-state index contributed by atoms with van der Waals surface area (Å²) in [5.74, 6) is 0.928. The van der Waals surface area contributed by atoms with Gasteiger partial charge in [0.15, 0.2) is 0 Å². The molecule has 0 radical (unpaired) electrons. The Kier molecular flexibility index (Phi) is 14.7. The van der Waals surface area contributed by atoms with Gasteiger partial charge < -0.3 is 15.0 Å².